The van der Waals surface area contributed by atoms with Crippen LogP contribution in [0.1, 0.15) is 12.5 Å². The summed E-state index contributed by atoms with van der Waals surface area (Å²) in [5, 5.41) is 23.9. The Balaban J connectivity index is 1.58. The Morgan fingerprint density at radius 3 is 2.70 bits per heavy atom. The number of aliphatic hydroxyl groups excluding tert-OH is 2. The zero-order valence-electron chi connectivity index (χ0n) is 15.4. The molecule has 3 rings (SSSR count). The predicted molar refractivity (Wildman–Crippen MR) is 104 cm³/mol. The molecule has 27 heavy (non-hydrogen) atoms. The topological polar surface area (TPSA) is 91.2 Å². The zero-order chi connectivity index (χ0) is 19.4. The molecule has 0 radical (unpaired) electrons. The van der Waals surface area contributed by atoms with Crippen LogP contribution in [0.4, 0.5) is 0 Å². The number of aliphatic hydroxyl groups is 2. The van der Waals surface area contributed by atoms with E-state index in [0.717, 1.165) is 12.2 Å². The van der Waals surface area contributed by atoms with Crippen LogP contribution in [0.25, 0.3) is 0 Å². The highest BCUT2D eigenvalue weighted by molar-refractivity contribution is 6.13. The molecule has 3 unspecified atom stereocenters. The van der Waals surface area contributed by atoms with Crippen molar-refractivity contribution < 1.29 is 19.7 Å². The number of nitrogens with zero attached hydrogens (tertiary/aromatic N) is 1. The van der Waals surface area contributed by atoms with Crippen molar-refractivity contribution in [1.82, 2.24) is 5.32 Å². The minimum absolute atomic E-state index is 0.0329. The van der Waals surface area contributed by atoms with Crippen molar-refractivity contribution in [2.45, 2.75) is 25.5 Å². The number of hydrogen-bond acceptors (Lipinski definition) is 5. The van der Waals surface area contributed by atoms with Gasteiger partial charge in [0.15, 0.2) is 0 Å². The number of aliphatic imine (C=N–C) groups is 1. The molecule has 1 heterocycles. The molecule has 1 aromatic carbocycles. The summed E-state index contributed by atoms with van der Waals surface area (Å²) in [6.07, 6.45) is 6.28. The maximum absolute atomic E-state index is 11.5. The first-order valence-corrected chi connectivity index (χ1v) is 8.94. The number of allylic oxidation sites excluding steroid dienone is 4. The first kappa shape index (κ1) is 19.1. The van der Waals surface area contributed by atoms with Crippen molar-refractivity contribution in [1.29, 1.82) is 0 Å². The number of methoxy groups -OCH3 is 1. The van der Waals surface area contributed by atoms with Crippen LogP contribution in [0.3, 0.4) is 0 Å². The molecule has 0 saturated carbocycles. The van der Waals surface area contributed by atoms with E-state index in [9.17, 15) is 15.0 Å². The van der Waals surface area contributed by atoms with Gasteiger partial charge >= 0.3 is 0 Å². The smallest absolute Gasteiger partial charge is 0.269 e. The molecule has 142 valence electrons. The lowest BCUT2D eigenvalue weighted by Crippen LogP contribution is -2.39. The van der Waals surface area contributed by atoms with E-state index < -0.39 is 12.0 Å². The molecule has 0 bridgehead atoms. The molecule has 6 heteroatoms. The molecule has 0 fully saturated rings. The minimum atomic E-state index is -0.749. The maximum Gasteiger partial charge on any atom is 0.269 e. The third kappa shape index (κ3) is 4.53. The first-order chi connectivity index (χ1) is 13.0. The molecule has 0 spiro atoms. The summed E-state index contributed by atoms with van der Waals surface area (Å²) >= 11 is 0. The molecule has 1 aromatic rings. The summed E-state index contributed by atoms with van der Waals surface area (Å²) in [6.45, 7) is 2.42. The second-order valence-corrected chi connectivity index (χ2v) is 6.77. The van der Waals surface area contributed by atoms with Crippen molar-refractivity contribution in [3.63, 3.8) is 0 Å². The molecule has 0 saturated heterocycles. The van der Waals surface area contributed by atoms with E-state index in [4.69, 9.17) is 4.74 Å². The van der Waals surface area contributed by atoms with Crippen molar-refractivity contribution in [2.24, 2.45) is 10.9 Å². The van der Waals surface area contributed by atoms with Crippen LogP contribution in [0, 0.1) is 5.92 Å². The number of dihydropyridines is 1. The van der Waals surface area contributed by atoms with E-state index in [2.05, 4.69) is 17.2 Å². The summed E-state index contributed by atoms with van der Waals surface area (Å²) in [7, 11) is 1.64. The largest absolute Gasteiger partial charge is 0.506 e. The van der Waals surface area contributed by atoms with E-state index in [0.29, 0.717) is 17.8 Å². The summed E-state index contributed by atoms with van der Waals surface area (Å²) in [6, 6.07) is 8.08. The fraction of sp³-hybridized carbons (Fsp3) is 0.333. The van der Waals surface area contributed by atoms with Gasteiger partial charge < -0.3 is 20.3 Å². The highest BCUT2D eigenvalue weighted by Gasteiger charge is 2.31. The Kier molecular flexibility index (Phi) is 5.88. The molecule has 0 aromatic heterocycles. The van der Waals surface area contributed by atoms with Gasteiger partial charge in [0.1, 0.15) is 11.5 Å². The van der Waals surface area contributed by atoms with E-state index in [1.807, 2.05) is 24.3 Å². The van der Waals surface area contributed by atoms with Gasteiger partial charge in [-0.3, -0.25) is 4.79 Å². The molecular formula is C21H24N2O4. The standard InChI is InChI=1S/C21H24N2O4/c1-13(11-14-3-5-15(27-2)6-4-14)22-12-19(25)16-7-9-18(24)21-17(16)8-10-20(26)23-21/h3-10,13,17,19,22,24-25H,11-12H2,1-2H3. The third-order valence-corrected chi connectivity index (χ3v) is 4.76. The number of hydrogen-bond donors (Lipinski definition) is 3. The van der Waals surface area contributed by atoms with Crippen LogP contribution in [0.5, 0.6) is 5.75 Å². The van der Waals surface area contributed by atoms with E-state index in [1.54, 1.807) is 19.3 Å². The zero-order valence-corrected chi connectivity index (χ0v) is 15.4. The summed E-state index contributed by atoms with van der Waals surface area (Å²) in [4.78, 5) is 15.3. The second-order valence-electron chi connectivity index (χ2n) is 6.77. The average Bonchev–Trinajstić information content (AvgIpc) is 2.67. The summed E-state index contributed by atoms with van der Waals surface area (Å²) < 4.78 is 5.16. The van der Waals surface area contributed by atoms with Gasteiger partial charge in [-0.1, -0.05) is 24.3 Å². The van der Waals surface area contributed by atoms with E-state index in [1.165, 1.54) is 17.7 Å². The number of amides is 1. The number of ether oxygens (including phenoxy) is 1. The highest BCUT2D eigenvalue weighted by Crippen LogP contribution is 2.28. The molecule has 3 atom stereocenters. The number of rotatable bonds is 7. The van der Waals surface area contributed by atoms with Crippen LogP contribution < -0.4 is 10.1 Å². The predicted octanol–water partition coefficient (Wildman–Crippen LogP) is 2.11. The molecule has 2 aliphatic rings. The first-order valence-electron chi connectivity index (χ1n) is 8.94. The average molecular weight is 368 g/mol. The van der Waals surface area contributed by atoms with Crippen molar-refractivity contribution in [3.05, 3.63) is 65.5 Å². The van der Waals surface area contributed by atoms with Gasteiger partial charge in [0.05, 0.1) is 18.9 Å². The maximum atomic E-state index is 11.5. The lowest BCUT2D eigenvalue weighted by molar-refractivity contribution is -0.113. The number of nitrogens with one attached hydrogen (secondary N) is 1. The van der Waals surface area contributed by atoms with Gasteiger partial charge in [0.25, 0.3) is 5.91 Å². The Morgan fingerprint density at radius 2 is 2.00 bits per heavy atom. The van der Waals surface area contributed by atoms with Crippen molar-refractivity contribution in [2.75, 3.05) is 13.7 Å². The summed E-state index contributed by atoms with van der Waals surface area (Å²) in [5.74, 6) is 0.0193. The van der Waals surface area contributed by atoms with Crippen LogP contribution >= 0.6 is 0 Å². The SMILES string of the molecule is COc1ccc(CC(C)NCC(O)C2=CC=C(O)C3=NC(=O)C=CC23)cc1. The van der Waals surface area contributed by atoms with Gasteiger partial charge in [-0.05, 0) is 42.7 Å². The van der Waals surface area contributed by atoms with Crippen molar-refractivity contribution >= 4 is 11.6 Å². The quantitative estimate of drug-likeness (QED) is 0.686. The Bertz CT molecular complexity index is 821. The molecular weight excluding hydrogens is 344 g/mol. The highest BCUT2D eigenvalue weighted by atomic mass is 16.5. The fourth-order valence-corrected chi connectivity index (χ4v) is 3.28. The van der Waals surface area contributed by atoms with Gasteiger partial charge in [0.2, 0.25) is 0 Å². The van der Waals surface area contributed by atoms with Gasteiger partial charge in [-0.2, -0.15) is 0 Å². The van der Waals surface area contributed by atoms with Gasteiger partial charge in [-0.15, -0.1) is 0 Å². The third-order valence-electron chi connectivity index (χ3n) is 4.76. The normalized spacial score (nSPS) is 20.9. The minimum Gasteiger partial charge on any atom is -0.506 e. The van der Waals surface area contributed by atoms with E-state index >= 15 is 0 Å². The Hall–Kier alpha value is -2.70. The molecule has 6 nitrogen and oxygen atoms in total. The monoisotopic (exact) mass is 368 g/mol. The Labute approximate surface area is 158 Å². The number of benzene rings is 1. The molecule has 3 N–H and O–H groups in total. The molecule has 1 amide bonds. The fourth-order valence-electron chi connectivity index (χ4n) is 3.28. The molecule has 1 aliphatic carbocycles. The van der Waals surface area contributed by atoms with E-state index in [-0.39, 0.29) is 17.7 Å². The number of fused-ring (bicyclic) bond motifs is 1. The van der Waals surface area contributed by atoms with Crippen molar-refractivity contribution in [3.8, 4) is 5.75 Å². The van der Waals surface area contributed by atoms with Gasteiger partial charge in [0, 0.05) is 24.6 Å². The van der Waals surface area contributed by atoms with Gasteiger partial charge in [-0.25, -0.2) is 4.99 Å². The van der Waals surface area contributed by atoms with Crippen LogP contribution in [-0.2, 0) is 11.2 Å². The number of carbonyl (C=O) groups excluding carboxylic acids is 1. The lowest BCUT2D eigenvalue weighted by atomic mass is 9.83. The summed E-state index contributed by atoms with van der Waals surface area (Å²) in [5.41, 5.74) is 2.18. The van der Waals surface area contributed by atoms with Crippen LogP contribution in [0.2, 0.25) is 0 Å². The lowest BCUT2D eigenvalue weighted by Gasteiger charge is -2.28. The molecule has 1 aliphatic heterocycles. The second kappa shape index (κ2) is 8.33. The Morgan fingerprint density at radius 1 is 1.26 bits per heavy atom. The number of carbonyl (C=O) groups is 1. The van der Waals surface area contributed by atoms with Crippen LogP contribution in [0.15, 0.2) is 64.9 Å². The van der Waals surface area contributed by atoms with Crippen LogP contribution in [-0.4, -0.2) is 47.6 Å².